The average Bonchev–Trinajstić information content (AvgIpc) is 3.52. The van der Waals surface area contributed by atoms with E-state index in [0.717, 1.165) is 68.3 Å². The number of hydrogen-bond acceptors (Lipinski definition) is 9. The number of aliphatic hydroxyl groups excluding tert-OH is 1. The average molecular weight is 633 g/mol. The minimum atomic E-state index is -0.893. The van der Waals surface area contributed by atoms with Crippen LogP contribution in [-0.4, -0.2) is 58.2 Å². The van der Waals surface area contributed by atoms with Crippen LogP contribution in [-0.2, 0) is 17.6 Å². The molecule has 1 aliphatic heterocycles. The van der Waals surface area contributed by atoms with E-state index in [1.54, 1.807) is 18.2 Å². The van der Waals surface area contributed by atoms with Crippen LogP contribution >= 0.6 is 0 Å². The lowest BCUT2D eigenvalue weighted by Gasteiger charge is -2.41. The van der Waals surface area contributed by atoms with E-state index in [1.807, 2.05) is 24.3 Å². The number of hydrogen-bond donors (Lipinski definition) is 6. The molecule has 0 unspecified atom stereocenters. The smallest absolute Gasteiger partial charge is 0.200 e. The van der Waals surface area contributed by atoms with Gasteiger partial charge in [-0.2, -0.15) is 0 Å². The van der Waals surface area contributed by atoms with Gasteiger partial charge in [-0.1, -0.05) is 49.2 Å². The van der Waals surface area contributed by atoms with E-state index in [4.69, 9.17) is 15.2 Å². The van der Waals surface area contributed by atoms with Gasteiger partial charge in [0.05, 0.1) is 6.10 Å². The second-order valence-electron chi connectivity index (χ2n) is 13.0. The molecule has 0 bridgehead atoms. The molecule has 3 atom stereocenters. The van der Waals surface area contributed by atoms with Crippen molar-refractivity contribution < 1.29 is 34.7 Å². The number of aromatic hydroxyl groups is 3. The second kappa shape index (κ2) is 15.7. The van der Waals surface area contributed by atoms with Crippen LogP contribution in [0.1, 0.15) is 80.4 Å². The third-order valence-electron chi connectivity index (χ3n) is 9.76. The quantitative estimate of drug-likeness (QED) is 0.0947. The zero-order chi connectivity index (χ0) is 32.5. The Hall–Kier alpha value is -3.79. The van der Waals surface area contributed by atoms with Gasteiger partial charge >= 0.3 is 0 Å². The van der Waals surface area contributed by atoms with Crippen molar-refractivity contribution in [2.24, 2.45) is 11.1 Å². The first-order valence-corrected chi connectivity index (χ1v) is 16.6. The van der Waals surface area contributed by atoms with Gasteiger partial charge in [0, 0.05) is 24.8 Å². The summed E-state index contributed by atoms with van der Waals surface area (Å²) < 4.78 is 11.8. The van der Waals surface area contributed by atoms with Crippen LogP contribution in [0.2, 0.25) is 0 Å². The van der Waals surface area contributed by atoms with Crippen LogP contribution in [0.4, 0.5) is 0 Å². The van der Waals surface area contributed by atoms with Crippen molar-refractivity contribution in [3.63, 3.8) is 0 Å². The number of carbonyl (C=O) groups excluding carboxylic acids is 1. The number of aliphatic hydroxyl groups is 1. The molecular weight excluding hydrogens is 584 g/mol. The summed E-state index contributed by atoms with van der Waals surface area (Å²) in [5, 5.41) is 46.3. The number of piperidine rings is 1. The number of Topliss-reactive ketones (excluding diaryl/α,β-unsaturated/α-hetero) is 1. The van der Waals surface area contributed by atoms with Gasteiger partial charge in [-0.3, -0.25) is 10.5 Å². The molecule has 0 radical (unpaired) electrons. The van der Waals surface area contributed by atoms with Crippen molar-refractivity contribution >= 4 is 5.78 Å². The lowest BCUT2D eigenvalue weighted by Crippen LogP contribution is -2.50. The van der Waals surface area contributed by atoms with E-state index in [0.29, 0.717) is 19.3 Å². The highest BCUT2D eigenvalue weighted by Gasteiger charge is 2.44. The van der Waals surface area contributed by atoms with Crippen molar-refractivity contribution in [3.05, 3.63) is 77.4 Å². The van der Waals surface area contributed by atoms with Gasteiger partial charge in [-0.05, 0) is 98.4 Å². The molecule has 2 fully saturated rings. The summed E-state index contributed by atoms with van der Waals surface area (Å²) in [4.78, 5) is 12.9. The Kier molecular flexibility index (Phi) is 11.4. The summed E-state index contributed by atoms with van der Waals surface area (Å²) in [7, 11) is 0. The molecule has 3 aromatic carbocycles. The summed E-state index contributed by atoms with van der Waals surface area (Å²) in [5.41, 5.74) is 8.20. The fourth-order valence-corrected chi connectivity index (χ4v) is 7.23. The SMILES string of the molecule is NCOc1cc(CCC(=O)C[C@H](O)C[C@H](CCc2ccccc2)c2cc(O)c(O)c(O[C@H]3CCNCC34CCCC4)c2)ccc1O. The van der Waals surface area contributed by atoms with E-state index in [2.05, 4.69) is 17.4 Å². The van der Waals surface area contributed by atoms with E-state index in [-0.39, 0.29) is 71.5 Å². The highest BCUT2D eigenvalue weighted by Crippen LogP contribution is 2.47. The maximum Gasteiger partial charge on any atom is 0.200 e. The molecule has 1 aliphatic carbocycles. The van der Waals surface area contributed by atoms with Gasteiger partial charge < -0.3 is 35.2 Å². The predicted molar refractivity (Wildman–Crippen MR) is 176 cm³/mol. The molecule has 5 rings (SSSR count). The Labute approximate surface area is 271 Å². The number of rotatable bonds is 15. The third-order valence-corrected chi connectivity index (χ3v) is 9.76. The van der Waals surface area contributed by atoms with Gasteiger partial charge in [0.15, 0.2) is 23.0 Å². The van der Waals surface area contributed by atoms with Crippen molar-refractivity contribution in [2.45, 2.75) is 88.8 Å². The van der Waals surface area contributed by atoms with E-state index >= 15 is 0 Å². The molecule has 1 spiro atoms. The molecule has 3 aromatic rings. The first-order valence-electron chi connectivity index (χ1n) is 16.6. The lowest BCUT2D eigenvalue weighted by atomic mass is 9.76. The number of ether oxygens (including phenoxy) is 2. The van der Waals surface area contributed by atoms with Crippen molar-refractivity contribution in [3.8, 4) is 28.7 Å². The van der Waals surface area contributed by atoms with Gasteiger partial charge in [0.2, 0.25) is 5.75 Å². The van der Waals surface area contributed by atoms with Gasteiger partial charge in [-0.25, -0.2) is 0 Å². The molecule has 1 saturated carbocycles. The highest BCUT2D eigenvalue weighted by molar-refractivity contribution is 5.79. The Morgan fingerprint density at radius 1 is 0.957 bits per heavy atom. The Morgan fingerprint density at radius 2 is 1.74 bits per heavy atom. The maximum absolute atomic E-state index is 12.9. The summed E-state index contributed by atoms with van der Waals surface area (Å²) in [6, 6.07) is 18.4. The standard InChI is InChI=1S/C37H48N2O7/c38-24-45-33-18-26(10-13-31(33)42)9-12-29(40)22-30(41)19-27(11-8-25-6-2-1-3-7-25)28-20-32(43)36(44)34(21-28)46-35-14-17-39-23-37(35)15-4-5-16-37/h1-3,6-7,10,13,18,20-21,27,30,35,39,41-44H,4-5,8-9,11-12,14-17,19,22-24,38H2/t27-,30+,35-/m0/s1. The molecule has 0 aromatic heterocycles. The molecule has 46 heavy (non-hydrogen) atoms. The fourth-order valence-electron chi connectivity index (χ4n) is 7.23. The molecular formula is C37H48N2O7. The molecule has 1 saturated heterocycles. The van der Waals surface area contributed by atoms with Crippen molar-refractivity contribution in [1.29, 1.82) is 0 Å². The number of phenolic OH excluding ortho intramolecular Hbond substituents is 3. The van der Waals surface area contributed by atoms with E-state index in [9.17, 15) is 25.2 Å². The zero-order valence-corrected chi connectivity index (χ0v) is 26.5. The minimum Gasteiger partial charge on any atom is -0.504 e. The third kappa shape index (κ3) is 8.51. The van der Waals surface area contributed by atoms with Gasteiger partial charge in [-0.15, -0.1) is 0 Å². The lowest BCUT2D eigenvalue weighted by molar-refractivity contribution is -0.121. The van der Waals surface area contributed by atoms with Crippen LogP contribution in [0, 0.1) is 5.41 Å². The fraction of sp³-hybridized carbons (Fsp3) is 0.486. The molecule has 9 heteroatoms. The Balaban J connectivity index is 1.29. The molecule has 1 heterocycles. The maximum atomic E-state index is 12.9. The van der Waals surface area contributed by atoms with Crippen LogP contribution in [0.3, 0.4) is 0 Å². The second-order valence-corrected chi connectivity index (χ2v) is 13.0. The molecule has 248 valence electrons. The van der Waals surface area contributed by atoms with Crippen LogP contribution < -0.4 is 20.5 Å². The first-order chi connectivity index (χ1) is 22.3. The largest absolute Gasteiger partial charge is 0.504 e. The van der Waals surface area contributed by atoms with Crippen molar-refractivity contribution in [1.82, 2.24) is 5.32 Å². The van der Waals surface area contributed by atoms with Crippen LogP contribution in [0.15, 0.2) is 60.7 Å². The van der Waals surface area contributed by atoms with Gasteiger partial charge in [0.1, 0.15) is 18.6 Å². The topological polar surface area (TPSA) is 154 Å². The number of ketones is 1. The minimum absolute atomic E-state index is 0.00288. The highest BCUT2D eigenvalue weighted by atomic mass is 16.5. The molecule has 7 N–H and O–H groups in total. The number of nitrogens with two attached hydrogens (primary N) is 1. The summed E-state index contributed by atoms with van der Waals surface area (Å²) >= 11 is 0. The number of phenols is 3. The molecule has 9 nitrogen and oxygen atoms in total. The van der Waals surface area contributed by atoms with Gasteiger partial charge in [0.25, 0.3) is 0 Å². The predicted octanol–water partition coefficient (Wildman–Crippen LogP) is 5.46. The van der Waals surface area contributed by atoms with Crippen LogP contribution in [0.25, 0.3) is 0 Å². The Morgan fingerprint density at radius 3 is 2.50 bits per heavy atom. The van der Waals surface area contributed by atoms with E-state index < -0.39 is 6.10 Å². The molecule has 0 amide bonds. The summed E-state index contributed by atoms with van der Waals surface area (Å²) in [6.07, 6.45) is 6.75. The first kappa shape index (κ1) is 33.6. The summed E-state index contributed by atoms with van der Waals surface area (Å²) in [5.74, 6) is -0.248. The number of nitrogens with one attached hydrogen (secondary N) is 1. The molecule has 2 aliphatic rings. The number of aryl methyl sites for hydroxylation is 2. The summed E-state index contributed by atoms with van der Waals surface area (Å²) in [6.45, 7) is 1.66. The zero-order valence-electron chi connectivity index (χ0n) is 26.5. The van der Waals surface area contributed by atoms with Crippen LogP contribution in [0.5, 0.6) is 28.7 Å². The van der Waals surface area contributed by atoms with E-state index in [1.165, 1.54) is 6.07 Å². The number of benzene rings is 3. The normalized spacial score (nSPS) is 18.7. The van der Waals surface area contributed by atoms with Crippen molar-refractivity contribution in [2.75, 3.05) is 19.8 Å². The number of carbonyl (C=O) groups is 1. The Bertz CT molecular complexity index is 1440. The monoisotopic (exact) mass is 632 g/mol.